The average Bonchev–Trinajstić information content (AvgIpc) is 2.40. The van der Waals surface area contributed by atoms with Gasteiger partial charge in [-0.15, -0.1) is 5.10 Å². The Kier molecular flexibility index (Phi) is 4.20. The van der Waals surface area contributed by atoms with Crippen molar-refractivity contribution in [3.05, 3.63) is 64.4 Å². The highest BCUT2D eigenvalue weighted by molar-refractivity contribution is 9.10. The third-order valence-electron chi connectivity index (χ3n) is 2.20. The topological polar surface area (TPSA) is 63.6 Å². The van der Waals surface area contributed by atoms with Gasteiger partial charge in [0.2, 0.25) is 0 Å². The summed E-state index contributed by atoms with van der Waals surface area (Å²) in [5.74, 6) is 0.364. The Morgan fingerprint density at radius 3 is 2.72 bits per heavy atom. The summed E-state index contributed by atoms with van der Waals surface area (Å²) in [5, 5.41) is 7.90. The van der Waals surface area contributed by atoms with E-state index in [0.29, 0.717) is 5.84 Å². The van der Waals surface area contributed by atoms with Crippen molar-refractivity contribution in [3.8, 4) is 0 Å². The zero-order valence-corrected chi connectivity index (χ0v) is 11.1. The second-order valence-corrected chi connectivity index (χ2v) is 4.44. The molecule has 90 valence electrons. The minimum Gasteiger partial charge on any atom is -0.382 e. The summed E-state index contributed by atoms with van der Waals surface area (Å²) in [6.45, 7) is 0. The van der Waals surface area contributed by atoms with Gasteiger partial charge in [-0.1, -0.05) is 28.1 Å². The van der Waals surface area contributed by atoms with Crippen LogP contribution in [0.1, 0.15) is 11.1 Å². The molecule has 18 heavy (non-hydrogen) atoms. The molecule has 0 fully saturated rings. The van der Waals surface area contributed by atoms with E-state index in [9.17, 15) is 0 Å². The number of halogens is 1. The number of benzene rings is 1. The van der Waals surface area contributed by atoms with Crippen molar-refractivity contribution >= 4 is 28.0 Å². The lowest BCUT2D eigenvalue weighted by Crippen LogP contribution is -2.12. The highest BCUT2D eigenvalue weighted by atomic mass is 79.9. The lowest BCUT2D eigenvalue weighted by atomic mass is 10.2. The van der Waals surface area contributed by atoms with E-state index in [1.165, 1.54) is 0 Å². The minimum absolute atomic E-state index is 0.364. The fourth-order valence-corrected chi connectivity index (χ4v) is 1.74. The Balaban J connectivity index is 2.11. The molecule has 0 bridgehead atoms. The van der Waals surface area contributed by atoms with E-state index in [1.54, 1.807) is 30.7 Å². The quantitative estimate of drug-likeness (QED) is 0.538. The van der Waals surface area contributed by atoms with Crippen LogP contribution in [0.2, 0.25) is 0 Å². The van der Waals surface area contributed by atoms with Crippen molar-refractivity contribution in [2.75, 3.05) is 0 Å². The van der Waals surface area contributed by atoms with Gasteiger partial charge in [-0.3, -0.25) is 4.98 Å². The van der Waals surface area contributed by atoms with Crippen LogP contribution in [-0.2, 0) is 0 Å². The van der Waals surface area contributed by atoms with Crippen molar-refractivity contribution < 1.29 is 0 Å². The van der Waals surface area contributed by atoms with Gasteiger partial charge >= 0.3 is 0 Å². The van der Waals surface area contributed by atoms with Crippen LogP contribution < -0.4 is 5.73 Å². The van der Waals surface area contributed by atoms with Gasteiger partial charge in [0, 0.05) is 22.4 Å². The number of amidine groups is 1. The standard InChI is InChI=1S/C13H11BrN4/c14-12-3-1-2-10(8-12)9-17-18-13(15)11-4-6-16-7-5-11/h1-9H,(H2,15,18)/b17-9+. The fraction of sp³-hybridized carbons (Fsp3) is 0. The molecular formula is C13H11BrN4. The molecule has 0 amide bonds. The highest BCUT2D eigenvalue weighted by Gasteiger charge is 1.95. The van der Waals surface area contributed by atoms with E-state index in [-0.39, 0.29) is 0 Å². The van der Waals surface area contributed by atoms with Crippen LogP contribution in [0.3, 0.4) is 0 Å². The second kappa shape index (κ2) is 6.07. The molecule has 1 aromatic heterocycles. The molecule has 0 radical (unpaired) electrons. The molecule has 0 unspecified atom stereocenters. The lowest BCUT2D eigenvalue weighted by Gasteiger charge is -1.96. The zero-order valence-electron chi connectivity index (χ0n) is 9.49. The number of nitrogens with two attached hydrogens (primary N) is 1. The van der Waals surface area contributed by atoms with Crippen molar-refractivity contribution in [2.24, 2.45) is 15.9 Å². The van der Waals surface area contributed by atoms with Gasteiger partial charge in [-0.05, 0) is 29.8 Å². The summed E-state index contributed by atoms with van der Waals surface area (Å²) in [5.41, 5.74) is 7.54. The maximum atomic E-state index is 5.79. The Bertz CT molecular complexity index is 579. The predicted molar refractivity (Wildman–Crippen MR) is 76.7 cm³/mol. The molecule has 2 aromatic rings. The van der Waals surface area contributed by atoms with E-state index in [4.69, 9.17) is 5.73 Å². The summed E-state index contributed by atoms with van der Waals surface area (Å²) in [6, 6.07) is 11.3. The largest absolute Gasteiger partial charge is 0.382 e. The Labute approximate surface area is 113 Å². The minimum atomic E-state index is 0.364. The third-order valence-corrected chi connectivity index (χ3v) is 2.69. The molecule has 0 aliphatic rings. The van der Waals surface area contributed by atoms with Crippen molar-refractivity contribution in [1.82, 2.24) is 4.98 Å². The first-order chi connectivity index (χ1) is 8.75. The molecule has 0 spiro atoms. The molecule has 1 aromatic carbocycles. The lowest BCUT2D eigenvalue weighted by molar-refractivity contribution is 1.22. The first-order valence-corrected chi connectivity index (χ1v) is 6.07. The Morgan fingerprint density at radius 1 is 1.22 bits per heavy atom. The van der Waals surface area contributed by atoms with Crippen molar-refractivity contribution in [2.45, 2.75) is 0 Å². The van der Waals surface area contributed by atoms with Gasteiger partial charge in [-0.25, -0.2) is 0 Å². The van der Waals surface area contributed by atoms with Gasteiger partial charge in [0.1, 0.15) is 0 Å². The molecular weight excluding hydrogens is 292 g/mol. The smallest absolute Gasteiger partial charge is 0.153 e. The van der Waals surface area contributed by atoms with E-state index < -0.39 is 0 Å². The van der Waals surface area contributed by atoms with E-state index in [1.807, 2.05) is 24.3 Å². The van der Waals surface area contributed by atoms with Gasteiger partial charge in [0.05, 0.1) is 6.21 Å². The molecule has 2 N–H and O–H groups in total. The molecule has 0 atom stereocenters. The predicted octanol–water partition coefficient (Wildman–Crippen LogP) is 2.58. The summed E-state index contributed by atoms with van der Waals surface area (Å²) in [4.78, 5) is 3.91. The number of rotatable bonds is 3. The van der Waals surface area contributed by atoms with Gasteiger partial charge < -0.3 is 5.73 Å². The number of aromatic nitrogens is 1. The van der Waals surface area contributed by atoms with E-state index >= 15 is 0 Å². The number of hydrogen-bond acceptors (Lipinski definition) is 3. The molecule has 0 saturated heterocycles. The normalized spacial score (nSPS) is 11.9. The van der Waals surface area contributed by atoms with Gasteiger partial charge in [0.25, 0.3) is 0 Å². The molecule has 4 nitrogen and oxygen atoms in total. The van der Waals surface area contributed by atoms with Gasteiger partial charge in [0.15, 0.2) is 5.84 Å². The highest BCUT2D eigenvalue weighted by Crippen LogP contribution is 2.09. The maximum absolute atomic E-state index is 5.79. The summed E-state index contributed by atoms with van der Waals surface area (Å²) < 4.78 is 0.998. The summed E-state index contributed by atoms with van der Waals surface area (Å²) in [7, 11) is 0. The SMILES string of the molecule is N/C(=N\N=C\c1cccc(Br)c1)c1ccncc1. The maximum Gasteiger partial charge on any atom is 0.153 e. The van der Waals surface area contributed by atoms with E-state index in [0.717, 1.165) is 15.6 Å². The molecule has 5 heteroatoms. The molecule has 0 saturated carbocycles. The van der Waals surface area contributed by atoms with Crippen molar-refractivity contribution in [1.29, 1.82) is 0 Å². The van der Waals surface area contributed by atoms with Gasteiger partial charge in [-0.2, -0.15) is 5.10 Å². The van der Waals surface area contributed by atoms with Crippen LogP contribution >= 0.6 is 15.9 Å². The zero-order chi connectivity index (χ0) is 12.8. The van der Waals surface area contributed by atoms with Crippen molar-refractivity contribution in [3.63, 3.8) is 0 Å². The van der Waals surface area contributed by atoms with Crippen LogP contribution in [0.4, 0.5) is 0 Å². The van der Waals surface area contributed by atoms with Crippen LogP contribution in [0.25, 0.3) is 0 Å². The number of nitrogens with zero attached hydrogens (tertiary/aromatic N) is 3. The third kappa shape index (κ3) is 3.49. The molecule has 0 aliphatic carbocycles. The number of hydrogen-bond donors (Lipinski definition) is 1. The fourth-order valence-electron chi connectivity index (χ4n) is 1.33. The molecule has 1 heterocycles. The Morgan fingerprint density at radius 2 is 2.00 bits per heavy atom. The molecule has 2 rings (SSSR count). The average molecular weight is 303 g/mol. The summed E-state index contributed by atoms with van der Waals surface area (Å²) >= 11 is 3.39. The number of pyridine rings is 1. The first kappa shape index (κ1) is 12.4. The van der Waals surface area contributed by atoms with Crippen LogP contribution in [0.15, 0.2) is 63.5 Å². The van der Waals surface area contributed by atoms with Crippen LogP contribution in [0.5, 0.6) is 0 Å². The first-order valence-electron chi connectivity index (χ1n) is 5.28. The Hall–Kier alpha value is -2.01. The second-order valence-electron chi connectivity index (χ2n) is 3.52. The molecule has 0 aliphatic heterocycles. The van der Waals surface area contributed by atoms with E-state index in [2.05, 4.69) is 31.1 Å². The van der Waals surface area contributed by atoms with Crippen LogP contribution in [0, 0.1) is 0 Å². The summed E-state index contributed by atoms with van der Waals surface area (Å²) in [6.07, 6.45) is 4.98. The monoisotopic (exact) mass is 302 g/mol. The van der Waals surface area contributed by atoms with Crippen LogP contribution in [-0.4, -0.2) is 17.0 Å².